The zero-order valence-corrected chi connectivity index (χ0v) is 14.8. The van der Waals surface area contributed by atoms with Crippen molar-refractivity contribution in [2.75, 3.05) is 25.1 Å². The standard InChI is InChI=1S/C20H23N3O3/c1-26-19(24)12-14-6-8-16(9-7-14)23-18(13-22-20(23)25)17-5-3-2-4-15(17)10-11-21/h2-9,18H,10-13,21H2,1H3,(H,22,25). The molecule has 6 nitrogen and oxygen atoms in total. The molecule has 2 aromatic rings. The summed E-state index contributed by atoms with van der Waals surface area (Å²) in [6, 6.07) is 15.3. The predicted octanol–water partition coefficient (Wildman–Crippen LogP) is 2.17. The summed E-state index contributed by atoms with van der Waals surface area (Å²) in [5.74, 6) is -0.287. The highest BCUT2D eigenvalue weighted by atomic mass is 16.5. The minimum Gasteiger partial charge on any atom is -0.469 e. The third-order valence-corrected chi connectivity index (χ3v) is 4.60. The molecule has 3 N–H and O–H groups in total. The molecule has 1 fully saturated rings. The fraction of sp³-hybridized carbons (Fsp3) is 0.300. The Morgan fingerprint density at radius 3 is 2.65 bits per heavy atom. The first kappa shape index (κ1) is 17.9. The van der Waals surface area contributed by atoms with Crippen LogP contribution in [0.3, 0.4) is 0 Å². The Labute approximate surface area is 152 Å². The van der Waals surface area contributed by atoms with Crippen LogP contribution < -0.4 is 16.0 Å². The van der Waals surface area contributed by atoms with Crippen LogP contribution in [-0.2, 0) is 22.4 Å². The number of anilines is 1. The van der Waals surface area contributed by atoms with E-state index in [2.05, 4.69) is 22.2 Å². The van der Waals surface area contributed by atoms with E-state index in [-0.39, 0.29) is 24.5 Å². The number of nitrogens with one attached hydrogen (secondary N) is 1. The van der Waals surface area contributed by atoms with Crippen LogP contribution in [0.1, 0.15) is 22.7 Å². The van der Waals surface area contributed by atoms with Crippen molar-refractivity contribution >= 4 is 17.7 Å². The van der Waals surface area contributed by atoms with Crippen molar-refractivity contribution in [1.29, 1.82) is 0 Å². The van der Waals surface area contributed by atoms with Gasteiger partial charge in [-0.25, -0.2) is 4.79 Å². The summed E-state index contributed by atoms with van der Waals surface area (Å²) in [5, 5.41) is 2.92. The van der Waals surface area contributed by atoms with Gasteiger partial charge in [0.2, 0.25) is 0 Å². The molecule has 136 valence electrons. The van der Waals surface area contributed by atoms with Gasteiger partial charge in [0, 0.05) is 12.2 Å². The molecule has 1 aliphatic heterocycles. The Balaban J connectivity index is 1.88. The highest BCUT2D eigenvalue weighted by Crippen LogP contribution is 2.32. The van der Waals surface area contributed by atoms with E-state index in [1.807, 2.05) is 36.4 Å². The highest BCUT2D eigenvalue weighted by Gasteiger charge is 2.34. The first-order chi connectivity index (χ1) is 12.6. The topological polar surface area (TPSA) is 84.7 Å². The molecule has 2 amide bonds. The number of rotatable bonds is 6. The summed E-state index contributed by atoms with van der Waals surface area (Å²) < 4.78 is 4.69. The number of amides is 2. The molecular weight excluding hydrogens is 330 g/mol. The van der Waals surface area contributed by atoms with Crippen molar-refractivity contribution in [3.8, 4) is 0 Å². The average molecular weight is 353 g/mol. The van der Waals surface area contributed by atoms with Crippen LogP contribution in [0.4, 0.5) is 10.5 Å². The third kappa shape index (κ3) is 3.70. The number of nitrogens with two attached hydrogens (primary N) is 1. The van der Waals surface area contributed by atoms with Gasteiger partial charge in [-0.15, -0.1) is 0 Å². The van der Waals surface area contributed by atoms with Crippen molar-refractivity contribution in [2.24, 2.45) is 5.73 Å². The van der Waals surface area contributed by atoms with Gasteiger partial charge < -0.3 is 15.8 Å². The van der Waals surface area contributed by atoms with Gasteiger partial charge in [-0.2, -0.15) is 0 Å². The van der Waals surface area contributed by atoms with E-state index in [0.717, 1.165) is 28.8 Å². The molecule has 0 saturated carbocycles. The fourth-order valence-corrected chi connectivity index (χ4v) is 3.30. The number of nitrogens with zero attached hydrogens (tertiary/aromatic N) is 1. The number of carbonyl (C=O) groups is 2. The number of esters is 1. The molecule has 1 saturated heterocycles. The van der Waals surface area contributed by atoms with Crippen LogP contribution in [0.25, 0.3) is 0 Å². The fourth-order valence-electron chi connectivity index (χ4n) is 3.30. The lowest BCUT2D eigenvalue weighted by molar-refractivity contribution is -0.139. The molecule has 26 heavy (non-hydrogen) atoms. The lowest BCUT2D eigenvalue weighted by atomic mass is 9.97. The van der Waals surface area contributed by atoms with Gasteiger partial charge in [0.25, 0.3) is 0 Å². The van der Waals surface area contributed by atoms with Crippen LogP contribution in [-0.4, -0.2) is 32.2 Å². The zero-order valence-electron chi connectivity index (χ0n) is 14.8. The summed E-state index contributed by atoms with van der Waals surface area (Å²) in [7, 11) is 1.37. The predicted molar refractivity (Wildman–Crippen MR) is 100.0 cm³/mol. The number of hydrogen-bond acceptors (Lipinski definition) is 4. The molecule has 0 bridgehead atoms. The third-order valence-electron chi connectivity index (χ3n) is 4.60. The van der Waals surface area contributed by atoms with Crippen LogP contribution in [0.15, 0.2) is 48.5 Å². The molecule has 0 radical (unpaired) electrons. The number of methoxy groups -OCH3 is 1. The monoisotopic (exact) mass is 353 g/mol. The van der Waals surface area contributed by atoms with E-state index < -0.39 is 0 Å². The highest BCUT2D eigenvalue weighted by molar-refractivity contribution is 5.95. The van der Waals surface area contributed by atoms with Crippen molar-refractivity contribution in [3.63, 3.8) is 0 Å². The van der Waals surface area contributed by atoms with Gasteiger partial charge in [0.05, 0.1) is 19.6 Å². The maximum atomic E-state index is 12.5. The molecule has 0 aliphatic carbocycles. The van der Waals surface area contributed by atoms with Crippen LogP contribution >= 0.6 is 0 Å². The van der Waals surface area contributed by atoms with Gasteiger partial charge in [-0.05, 0) is 41.8 Å². The van der Waals surface area contributed by atoms with Crippen LogP contribution in [0, 0.1) is 0 Å². The van der Waals surface area contributed by atoms with E-state index >= 15 is 0 Å². The van der Waals surface area contributed by atoms with E-state index in [1.54, 1.807) is 4.90 Å². The van der Waals surface area contributed by atoms with Crippen molar-refractivity contribution in [3.05, 3.63) is 65.2 Å². The first-order valence-electron chi connectivity index (χ1n) is 8.64. The van der Waals surface area contributed by atoms with Gasteiger partial charge in [0.1, 0.15) is 0 Å². The molecule has 1 heterocycles. The summed E-state index contributed by atoms with van der Waals surface area (Å²) in [4.78, 5) is 25.6. The quantitative estimate of drug-likeness (QED) is 0.780. The number of hydrogen-bond donors (Lipinski definition) is 2. The smallest absolute Gasteiger partial charge is 0.322 e. The molecular formula is C20H23N3O3. The Morgan fingerprint density at radius 1 is 1.23 bits per heavy atom. The number of benzene rings is 2. The zero-order chi connectivity index (χ0) is 18.5. The molecule has 0 aromatic heterocycles. The van der Waals surface area contributed by atoms with Crippen molar-refractivity contribution in [1.82, 2.24) is 5.32 Å². The van der Waals surface area contributed by atoms with Crippen LogP contribution in [0.2, 0.25) is 0 Å². The lowest BCUT2D eigenvalue weighted by Crippen LogP contribution is -2.30. The molecule has 0 spiro atoms. The van der Waals surface area contributed by atoms with E-state index in [0.29, 0.717) is 13.1 Å². The number of carbonyl (C=O) groups excluding carboxylic acids is 2. The summed E-state index contributed by atoms with van der Waals surface area (Å²) in [6.07, 6.45) is 0.985. The number of urea groups is 1. The van der Waals surface area contributed by atoms with Gasteiger partial charge in [0.15, 0.2) is 0 Å². The lowest BCUT2D eigenvalue weighted by Gasteiger charge is -2.25. The summed E-state index contributed by atoms with van der Waals surface area (Å²) in [5.41, 5.74) is 9.64. The van der Waals surface area contributed by atoms with Crippen molar-refractivity contribution in [2.45, 2.75) is 18.9 Å². The summed E-state index contributed by atoms with van der Waals surface area (Å²) >= 11 is 0. The second-order valence-corrected chi connectivity index (χ2v) is 6.23. The van der Waals surface area contributed by atoms with E-state index in [1.165, 1.54) is 7.11 Å². The van der Waals surface area contributed by atoms with E-state index in [9.17, 15) is 9.59 Å². The normalized spacial score (nSPS) is 16.5. The average Bonchev–Trinajstić information content (AvgIpc) is 3.04. The minimum absolute atomic E-state index is 0.0864. The Morgan fingerprint density at radius 2 is 1.96 bits per heavy atom. The molecule has 1 atom stereocenters. The Hall–Kier alpha value is -2.86. The van der Waals surface area contributed by atoms with Crippen molar-refractivity contribution < 1.29 is 14.3 Å². The van der Waals surface area contributed by atoms with E-state index in [4.69, 9.17) is 5.73 Å². The number of ether oxygens (including phenoxy) is 1. The SMILES string of the molecule is COC(=O)Cc1ccc(N2C(=O)NCC2c2ccccc2CCN)cc1. The Bertz CT molecular complexity index is 789. The second kappa shape index (κ2) is 8.01. The minimum atomic E-state index is -0.287. The molecule has 2 aromatic carbocycles. The molecule has 1 aliphatic rings. The second-order valence-electron chi connectivity index (χ2n) is 6.23. The largest absolute Gasteiger partial charge is 0.469 e. The maximum Gasteiger partial charge on any atom is 0.322 e. The molecule has 6 heteroatoms. The molecule has 3 rings (SSSR count). The van der Waals surface area contributed by atoms with Gasteiger partial charge in [-0.1, -0.05) is 36.4 Å². The maximum absolute atomic E-state index is 12.5. The van der Waals surface area contributed by atoms with Crippen LogP contribution in [0.5, 0.6) is 0 Å². The first-order valence-corrected chi connectivity index (χ1v) is 8.64. The Kier molecular flexibility index (Phi) is 5.53. The van der Waals surface area contributed by atoms with Gasteiger partial charge in [-0.3, -0.25) is 9.69 Å². The molecule has 1 unspecified atom stereocenters. The summed E-state index contributed by atoms with van der Waals surface area (Å²) in [6.45, 7) is 1.11. The van der Waals surface area contributed by atoms with Gasteiger partial charge >= 0.3 is 12.0 Å².